The summed E-state index contributed by atoms with van der Waals surface area (Å²) in [6, 6.07) is 20.7. The topological polar surface area (TPSA) is 55.1 Å². The number of nitrogens with one attached hydrogen (secondary N) is 1. The summed E-state index contributed by atoms with van der Waals surface area (Å²) in [6.45, 7) is 12.2. The summed E-state index contributed by atoms with van der Waals surface area (Å²) in [7, 11) is 0. The molecule has 2 aromatic rings. The van der Waals surface area contributed by atoms with Gasteiger partial charge in [-0.1, -0.05) is 88.4 Å². The van der Waals surface area contributed by atoms with Crippen molar-refractivity contribution in [3.8, 4) is 0 Å². The monoisotopic (exact) mass is 478 g/mol. The average molecular weight is 479 g/mol. The fourth-order valence-electron chi connectivity index (χ4n) is 4.85. The maximum Gasteiger partial charge on any atom is 0.123 e. The lowest BCUT2D eigenvalue weighted by molar-refractivity contribution is -0.112. The molecule has 0 radical (unpaired) electrons. The highest BCUT2D eigenvalue weighted by Crippen LogP contribution is 2.38. The number of benzene rings is 2. The van der Waals surface area contributed by atoms with Crippen molar-refractivity contribution in [2.24, 2.45) is 28.4 Å². The van der Waals surface area contributed by atoms with Gasteiger partial charge in [-0.15, -0.1) is 0 Å². The van der Waals surface area contributed by atoms with Crippen LogP contribution in [-0.4, -0.2) is 12.8 Å². The molecule has 4 rings (SSSR count). The van der Waals surface area contributed by atoms with Crippen LogP contribution in [0.3, 0.4) is 0 Å². The van der Waals surface area contributed by atoms with E-state index in [1.54, 1.807) is 0 Å². The van der Waals surface area contributed by atoms with Gasteiger partial charge in [-0.2, -0.15) is 0 Å². The lowest BCUT2D eigenvalue weighted by Gasteiger charge is -2.34. The first-order valence-electron chi connectivity index (χ1n) is 13.7. The maximum absolute atomic E-state index is 10.4. The molecule has 0 saturated heterocycles. The highest BCUT2D eigenvalue weighted by Gasteiger charge is 2.27. The van der Waals surface area contributed by atoms with Gasteiger partial charge >= 0.3 is 0 Å². The molecule has 2 saturated carbocycles. The Labute approximate surface area is 215 Å². The molecule has 2 fully saturated rings. The zero-order chi connectivity index (χ0) is 25.6. The van der Waals surface area contributed by atoms with E-state index >= 15 is 0 Å². The molecular formula is C32H50N2O. The number of carbonyl (C=O) groups excluding carboxylic acids is 1. The van der Waals surface area contributed by atoms with Gasteiger partial charge in [-0.3, -0.25) is 0 Å². The van der Waals surface area contributed by atoms with Crippen LogP contribution in [0.1, 0.15) is 90.2 Å². The van der Waals surface area contributed by atoms with Gasteiger partial charge < -0.3 is 15.8 Å². The summed E-state index contributed by atoms with van der Waals surface area (Å²) >= 11 is 0. The van der Waals surface area contributed by atoms with Crippen molar-refractivity contribution in [2.45, 2.75) is 92.2 Å². The Bertz CT molecular complexity index is 796. The van der Waals surface area contributed by atoms with Gasteiger partial charge in [0.1, 0.15) is 6.29 Å². The van der Waals surface area contributed by atoms with Crippen LogP contribution in [-0.2, 0) is 17.9 Å². The molecule has 3 N–H and O–H groups in total. The fourth-order valence-corrected chi connectivity index (χ4v) is 4.85. The van der Waals surface area contributed by atoms with Gasteiger partial charge in [0.25, 0.3) is 0 Å². The van der Waals surface area contributed by atoms with E-state index in [1.807, 2.05) is 30.3 Å². The van der Waals surface area contributed by atoms with Crippen molar-refractivity contribution < 1.29 is 4.79 Å². The smallest absolute Gasteiger partial charge is 0.123 e. The number of hydrogen-bond acceptors (Lipinski definition) is 3. The highest BCUT2D eigenvalue weighted by molar-refractivity contribution is 5.53. The third kappa shape index (κ3) is 12.5. The molecule has 2 aromatic carbocycles. The second-order valence-electron chi connectivity index (χ2n) is 12.1. The number of carbonyl (C=O) groups is 1. The summed E-state index contributed by atoms with van der Waals surface area (Å²) < 4.78 is 0. The van der Waals surface area contributed by atoms with Crippen LogP contribution >= 0.6 is 0 Å². The van der Waals surface area contributed by atoms with Crippen LogP contribution in [0.4, 0.5) is 0 Å². The predicted molar refractivity (Wildman–Crippen MR) is 150 cm³/mol. The molecule has 0 aliphatic heterocycles. The zero-order valence-electron chi connectivity index (χ0n) is 22.8. The van der Waals surface area contributed by atoms with Crippen LogP contribution in [0, 0.1) is 22.7 Å². The SMILES string of the molecule is CC1(C)CCC(C=O)CC1.CC1(C)CCC(CNCc2ccccc2)CC1.NCc1ccccc1. The fraction of sp³-hybridized carbons (Fsp3) is 0.594. The van der Waals surface area contributed by atoms with Crippen LogP contribution in [0.2, 0.25) is 0 Å². The van der Waals surface area contributed by atoms with E-state index in [1.165, 1.54) is 56.2 Å². The predicted octanol–water partition coefficient (Wildman–Crippen LogP) is 7.54. The van der Waals surface area contributed by atoms with Crippen molar-refractivity contribution in [1.29, 1.82) is 0 Å². The largest absolute Gasteiger partial charge is 0.326 e. The van der Waals surface area contributed by atoms with Crippen molar-refractivity contribution >= 4 is 6.29 Å². The van der Waals surface area contributed by atoms with Crippen LogP contribution < -0.4 is 11.1 Å². The molecular weight excluding hydrogens is 428 g/mol. The summed E-state index contributed by atoms with van der Waals surface area (Å²) in [5.41, 5.74) is 9.02. The molecule has 3 nitrogen and oxygen atoms in total. The molecule has 0 atom stereocenters. The van der Waals surface area contributed by atoms with Crippen molar-refractivity contribution in [2.75, 3.05) is 6.54 Å². The van der Waals surface area contributed by atoms with Gasteiger partial charge in [-0.25, -0.2) is 0 Å². The van der Waals surface area contributed by atoms with E-state index in [2.05, 4.69) is 63.3 Å². The van der Waals surface area contributed by atoms with Crippen molar-refractivity contribution in [3.63, 3.8) is 0 Å². The number of hydrogen-bond donors (Lipinski definition) is 2. The minimum atomic E-state index is 0.369. The standard InChI is InChI=1S/C16H25N.C9H16O.C7H9N/c1-16(2)10-8-15(9-11-16)13-17-12-14-6-4-3-5-7-14;1-9(2)5-3-8(7-10)4-6-9;8-6-7-4-2-1-3-5-7/h3-7,15,17H,8-13H2,1-2H3;7-8H,3-6H2,1-2H3;1-5H,6,8H2. The van der Waals surface area contributed by atoms with E-state index in [-0.39, 0.29) is 0 Å². The summed E-state index contributed by atoms with van der Waals surface area (Å²) in [5.74, 6) is 1.26. The van der Waals surface area contributed by atoms with Crippen LogP contribution in [0.15, 0.2) is 60.7 Å². The molecule has 2 aliphatic rings. The van der Waals surface area contributed by atoms with Crippen molar-refractivity contribution in [1.82, 2.24) is 5.32 Å². The molecule has 3 heteroatoms. The van der Waals surface area contributed by atoms with Gasteiger partial charge in [0, 0.05) is 19.0 Å². The van der Waals surface area contributed by atoms with E-state index in [9.17, 15) is 4.79 Å². The first-order valence-corrected chi connectivity index (χ1v) is 13.7. The Hall–Kier alpha value is -1.97. The summed E-state index contributed by atoms with van der Waals surface area (Å²) in [6.07, 6.45) is 11.4. The first-order chi connectivity index (χ1) is 16.7. The van der Waals surface area contributed by atoms with E-state index in [4.69, 9.17) is 5.73 Å². The molecule has 0 bridgehead atoms. The quantitative estimate of drug-likeness (QED) is 0.422. The summed E-state index contributed by atoms with van der Waals surface area (Å²) in [5, 5.41) is 3.60. The highest BCUT2D eigenvalue weighted by atomic mass is 16.1. The minimum absolute atomic E-state index is 0.369. The van der Waals surface area contributed by atoms with Crippen LogP contribution in [0.25, 0.3) is 0 Å². The lowest BCUT2D eigenvalue weighted by Crippen LogP contribution is -2.28. The average Bonchev–Trinajstić information content (AvgIpc) is 2.87. The normalized spacial score (nSPS) is 19.5. The molecule has 2 aliphatic carbocycles. The maximum atomic E-state index is 10.4. The Balaban J connectivity index is 0.000000204. The van der Waals surface area contributed by atoms with Gasteiger partial charge in [0.05, 0.1) is 0 Å². The molecule has 0 aromatic heterocycles. The Morgan fingerprint density at radius 2 is 1.23 bits per heavy atom. The van der Waals surface area contributed by atoms with E-state index < -0.39 is 0 Å². The Morgan fingerprint density at radius 1 is 0.771 bits per heavy atom. The Morgan fingerprint density at radius 3 is 1.66 bits per heavy atom. The third-order valence-electron chi connectivity index (χ3n) is 7.72. The minimum Gasteiger partial charge on any atom is -0.326 e. The van der Waals surface area contributed by atoms with E-state index in [0.717, 1.165) is 31.6 Å². The molecule has 0 unspecified atom stereocenters. The first kappa shape index (κ1) is 29.3. The summed E-state index contributed by atoms with van der Waals surface area (Å²) in [4.78, 5) is 10.4. The third-order valence-corrected chi connectivity index (χ3v) is 7.72. The van der Waals surface area contributed by atoms with Crippen LogP contribution in [0.5, 0.6) is 0 Å². The second-order valence-corrected chi connectivity index (χ2v) is 12.1. The van der Waals surface area contributed by atoms with Gasteiger partial charge in [0.15, 0.2) is 0 Å². The zero-order valence-corrected chi connectivity index (χ0v) is 22.8. The van der Waals surface area contributed by atoms with Gasteiger partial charge in [-0.05, 0) is 85.8 Å². The molecule has 0 spiro atoms. The molecule has 0 heterocycles. The molecule has 0 amide bonds. The number of nitrogens with two attached hydrogens (primary N) is 1. The number of rotatable bonds is 6. The Kier molecular flexibility index (Phi) is 12.7. The van der Waals surface area contributed by atoms with Crippen molar-refractivity contribution in [3.05, 3.63) is 71.8 Å². The molecule has 194 valence electrons. The molecule has 35 heavy (non-hydrogen) atoms. The van der Waals surface area contributed by atoms with Gasteiger partial charge in [0.2, 0.25) is 0 Å². The second kappa shape index (κ2) is 15.2. The number of aldehydes is 1. The lowest BCUT2D eigenvalue weighted by atomic mass is 9.73. The van der Waals surface area contributed by atoms with E-state index in [0.29, 0.717) is 23.3 Å².